The second kappa shape index (κ2) is 7.07. The summed E-state index contributed by atoms with van der Waals surface area (Å²) in [5, 5.41) is 13.9. The molecular formula is C15H28N2O. The summed E-state index contributed by atoms with van der Waals surface area (Å²) in [6.45, 7) is 15.6. The molecule has 0 atom stereocenters. The summed E-state index contributed by atoms with van der Waals surface area (Å²) in [5.74, 6) is 0. The van der Waals surface area contributed by atoms with Crippen molar-refractivity contribution < 1.29 is 5.11 Å². The van der Waals surface area contributed by atoms with Crippen LogP contribution in [0.15, 0.2) is 24.8 Å². The Balaban J connectivity index is 2.28. The summed E-state index contributed by atoms with van der Waals surface area (Å²) in [6.07, 6.45) is 4.38. The molecule has 0 spiro atoms. The first-order chi connectivity index (χ1) is 8.45. The van der Waals surface area contributed by atoms with Crippen LogP contribution in [0.2, 0.25) is 0 Å². The van der Waals surface area contributed by atoms with Crippen molar-refractivity contribution in [1.29, 1.82) is 0 Å². The third-order valence-electron chi connectivity index (χ3n) is 3.65. The first kappa shape index (κ1) is 15.4. The molecule has 0 saturated carbocycles. The average Bonchev–Trinajstić information content (AvgIpc) is 2.32. The fourth-order valence-corrected chi connectivity index (χ4v) is 2.32. The highest BCUT2D eigenvalue weighted by Crippen LogP contribution is 2.25. The quantitative estimate of drug-likeness (QED) is 0.680. The van der Waals surface area contributed by atoms with Gasteiger partial charge in [-0.25, -0.2) is 0 Å². The Kier molecular flexibility index (Phi) is 6.06. The van der Waals surface area contributed by atoms with Gasteiger partial charge in [0.2, 0.25) is 0 Å². The van der Waals surface area contributed by atoms with E-state index < -0.39 is 5.60 Å². The van der Waals surface area contributed by atoms with Crippen LogP contribution in [-0.4, -0.2) is 47.8 Å². The minimum absolute atomic E-state index is 0.478. The molecule has 0 unspecified atom stereocenters. The fourth-order valence-electron chi connectivity index (χ4n) is 2.32. The van der Waals surface area contributed by atoms with E-state index in [0.29, 0.717) is 6.04 Å². The van der Waals surface area contributed by atoms with Crippen LogP contribution in [0.5, 0.6) is 0 Å². The second-order valence-corrected chi connectivity index (χ2v) is 5.72. The highest BCUT2D eigenvalue weighted by molar-refractivity contribution is 5.13. The van der Waals surface area contributed by atoms with E-state index in [2.05, 4.69) is 37.2 Å². The Labute approximate surface area is 112 Å². The van der Waals surface area contributed by atoms with Gasteiger partial charge >= 0.3 is 0 Å². The summed E-state index contributed by atoms with van der Waals surface area (Å²) in [7, 11) is 0. The molecule has 1 fully saturated rings. The number of hydrogen-bond donors (Lipinski definition) is 2. The second-order valence-electron chi connectivity index (χ2n) is 5.72. The zero-order valence-electron chi connectivity index (χ0n) is 11.9. The van der Waals surface area contributed by atoms with Gasteiger partial charge in [-0.3, -0.25) is 4.90 Å². The van der Waals surface area contributed by atoms with Gasteiger partial charge in [-0.1, -0.05) is 33.1 Å². The maximum Gasteiger partial charge on any atom is 0.0684 e. The molecule has 18 heavy (non-hydrogen) atoms. The predicted octanol–water partition coefficient (Wildman–Crippen LogP) is 1.94. The van der Waals surface area contributed by atoms with Crippen LogP contribution in [-0.2, 0) is 0 Å². The Morgan fingerprint density at radius 3 is 2.56 bits per heavy atom. The van der Waals surface area contributed by atoms with E-state index in [4.69, 9.17) is 0 Å². The number of likely N-dealkylation sites (tertiary alicyclic amines) is 1. The zero-order valence-corrected chi connectivity index (χ0v) is 11.9. The topological polar surface area (TPSA) is 35.5 Å². The van der Waals surface area contributed by atoms with Gasteiger partial charge in [0.25, 0.3) is 0 Å². The Bertz CT molecular complexity index is 278. The number of aliphatic hydroxyl groups is 1. The summed E-state index contributed by atoms with van der Waals surface area (Å²) in [5.41, 5.74) is 0.579. The molecule has 2 N–H and O–H groups in total. The van der Waals surface area contributed by atoms with Gasteiger partial charge in [-0.15, -0.1) is 0 Å². The van der Waals surface area contributed by atoms with Gasteiger partial charge in [0.05, 0.1) is 5.60 Å². The summed E-state index contributed by atoms with van der Waals surface area (Å²) in [4.78, 5) is 2.34. The van der Waals surface area contributed by atoms with Crippen LogP contribution in [0.1, 0.15) is 33.1 Å². The molecule has 1 saturated heterocycles. The monoisotopic (exact) mass is 252 g/mol. The van der Waals surface area contributed by atoms with E-state index in [-0.39, 0.29) is 0 Å². The van der Waals surface area contributed by atoms with E-state index in [1.165, 1.54) is 0 Å². The number of nitrogens with one attached hydrogen (secondary N) is 1. The molecule has 0 radical (unpaired) electrons. The number of rotatable bonds is 7. The molecule has 1 aliphatic rings. The van der Waals surface area contributed by atoms with Crippen LogP contribution in [0.3, 0.4) is 0 Å². The van der Waals surface area contributed by atoms with Gasteiger partial charge in [0.1, 0.15) is 0 Å². The average molecular weight is 252 g/mol. The third-order valence-corrected chi connectivity index (χ3v) is 3.65. The minimum atomic E-state index is -0.478. The molecule has 0 aromatic rings. The Morgan fingerprint density at radius 2 is 2.06 bits per heavy atom. The number of piperidine rings is 1. The van der Waals surface area contributed by atoms with E-state index in [1.54, 1.807) is 0 Å². The van der Waals surface area contributed by atoms with Crippen LogP contribution in [0, 0.1) is 0 Å². The summed E-state index contributed by atoms with van der Waals surface area (Å²) in [6, 6.07) is 0.490. The van der Waals surface area contributed by atoms with Crippen molar-refractivity contribution in [3.8, 4) is 0 Å². The minimum Gasteiger partial charge on any atom is -0.390 e. The SMILES string of the molecule is C=CC(=C)CN1CCC(O)(CCNC(C)C)CC1. The van der Waals surface area contributed by atoms with Gasteiger partial charge in [0.15, 0.2) is 0 Å². The predicted molar refractivity (Wildman–Crippen MR) is 77.7 cm³/mol. The van der Waals surface area contributed by atoms with Crippen molar-refractivity contribution in [2.45, 2.75) is 44.8 Å². The van der Waals surface area contributed by atoms with Crippen LogP contribution in [0.25, 0.3) is 0 Å². The van der Waals surface area contributed by atoms with Gasteiger partial charge in [-0.2, -0.15) is 0 Å². The lowest BCUT2D eigenvalue weighted by Gasteiger charge is -2.38. The van der Waals surface area contributed by atoms with Crippen molar-refractivity contribution in [2.24, 2.45) is 0 Å². The maximum atomic E-state index is 10.5. The van der Waals surface area contributed by atoms with E-state index in [9.17, 15) is 5.11 Å². The van der Waals surface area contributed by atoms with Crippen molar-refractivity contribution in [2.75, 3.05) is 26.2 Å². The molecule has 104 valence electrons. The van der Waals surface area contributed by atoms with Crippen molar-refractivity contribution in [3.05, 3.63) is 24.8 Å². The summed E-state index contributed by atoms with van der Waals surface area (Å²) >= 11 is 0. The Morgan fingerprint density at radius 1 is 1.44 bits per heavy atom. The van der Waals surface area contributed by atoms with E-state index in [0.717, 1.165) is 51.0 Å². The van der Waals surface area contributed by atoms with E-state index >= 15 is 0 Å². The van der Waals surface area contributed by atoms with Crippen LogP contribution >= 0.6 is 0 Å². The molecule has 0 aromatic heterocycles. The molecule has 0 amide bonds. The Hall–Kier alpha value is -0.640. The lowest BCUT2D eigenvalue weighted by atomic mass is 9.88. The molecule has 0 aromatic carbocycles. The molecule has 1 aliphatic heterocycles. The molecular weight excluding hydrogens is 224 g/mol. The van der Waals surface area contributed by atoms with E-state index in [1.807, 2.05) is 6.08 Å². The lowest BCUT2D eigenvalue weighted by Crippen LogP contribution is -2.46. The number of hydrogen-bond acceptors (Lipinski definition) is 3. The molecule has 1 rings (SSSR count). The van der Waals surface area contributed by atoms with Gasteiger partial charge < -0.3 is 10.4 Å². The molecule has 0 bridgehead atoms. The highest BCUT2D eigenvalue weighted by Gasteiger charge is 2.31. The third kappa shape index (κ3) is 5.34. The first-order valence-electron chi connectivity index (χ1n) is 6.93. The molecule has 3 nitrogen and oxygen atoms in total. The standard InChI is InChI=1S/C15H28N2O/c1-5-14(4)12-17-10-7-15(18,8-11-17)6-9-16-13(2)3/h5,13,16,18H,1,4,6-12H2,2-3H3. The van der Waals surface area contributed by atoms with Gasteiger partial charge in [-0.05, 0) is 31.4 Å². The maximum absolute atomic E-state index is 10.5. The highest BCUT2D eigenvalue weighted by atomic mass is 16.3. The number of nitrogens with zero attached hydrogens (tertiary/aromatic N) is 1. The molecule has 3 heteroatoms. The smallest absolute Gasteiger partial charge is 0.0684 e. The van der Waals surface area contributed by atoms with Crippen molar-refractivity contribution >= 4 is 0 Å². The molecule has 0 aliphatic carbocycles. The zero-order chi connectivity index (χ0) is 13.6. The fraction of sp³-hybridized carbons (Fsp3) is 0.733. The molecule has 1 heterocycles. The van der Waals surface area contributed by atoms with Gasteiger partial charge in [0, 0.05) is 25.7 Å². The summed E-state index contributed by atoms with van der Waals surface area (Å²) < 4.78 is 0. The largest absolute Gasteiger partial charge is 0.390 e. The lowest BCUT2D eigenvalue weighted by molar-refractivity contribution is -0.0252. The van der Waals surface area contributed by atoms with Crippen LogP contribution < -0.4 is 5.32 Å². The first-order valence-corrected chi connectivity index (χ1v) is 6.93. The normalized spacial score (nSPS) is 20.0. The van der Waals surface area contributed by atoms with Crippen molar-refractivity contribution in [3.63, 3.8) is 0 Å². The van der Waals surface area contributed by atoms with Crippen molar-refractivity contribution in [1.82, 2.24) is 10.2 Å². The van der Waals surface area contributed by atoms with Crippen LogP contribution in [0.4, 0.5) is 0 Å².